The van der Waals surface area contributed by atoms with E-state index in [9.17, 15) is 34.8 Å². The Morgan fingerprint density at radius 2 is 1.18 bits per heavy atom. The highest BCUT2D eigenvalue weighted by molar-refractivity contribution is 6.10. The molecule has 0 amide bonds. The zero-order chi connectivity index (χ0) is 24.5. The normalized spacial score (nSPS) is 27.2. The number of ketones is 3. The lowest BCUT2D eigenvalue weighted by atomic mass is 9.78. The Kier molecular flexibility index (Phi) is 6.26. The fourth-order valence-corrected chi connectivity index (χ4v) is 4.03. The minimum Gasteiger partial charge on any atom is -0.383 e. The Balaban J connectivity index is 1.80. The molecule has 5 atom stereocenters. The standard InChI is InChI=1S/C26H22O8/c27-19(16-10-4-1-5-11-16)20(28)23-25(32,21(29)17-12-6-2-7-13-17)24(31)26(33,34-23)22(30)18-14-8-3-9-15-18/h1-15,19,23-24,27,31-33H/t19?,23-,24-,25-,26+/m1/s1. The number of ether oxygens (including phenoxy) is 1. The van der Waals surface area contributed by atoms with Crippen molar-refractivity contribution in [3.8, 4) is 0 Å². The van der Waals surface area contributed by atoms with Gasteiger partial charge in [-0.3, -0.25) is 14.4 Å². The molecule has 8 heteroatoms. The molecule has 0 spiro atoms. The van der Waals surface area contributed by atoms with E-state index in [-0.39, 0.29) is 16.7 Å². The molecule has 4 N–H and O–H groups in total. The average molecular weight is 462 g/mol. The van der Waals surface area contributed by atoms with Crippen LogP contribution < -0.4 is 0 Å². The second-order valence-electron chi connectivity index (χ2n) is 8.03. The molecule has 0 radical (unpaired) electrons. The smallest absolute Gasteiger partial charge is 0.262 e. The lowest BCUT2D eigenvalue weighted by Gasteiger charge is -2.30. The molecule has 1 unspecified atom stereocenters. The van der Waals surface area contributed by atoms with Crippen molar-refractivity contribution in [3.63, 3.8) is 0 Å². The maximum Gasteiger partial charge on any atom is 0.262 e. The van der Waals surface area contributed by atoms with Gasteiger partial charge >= 0.3 is 0 Å². The third-order valence-corrected chi connectivity index (χ3v) is 5.89. The number of hydrogen-bond donors (Lipinski definition) is 4. The van der Waals surface area contributed by atoms with Crippen LogP contribution in [0.3, 0.4) is 0 Å². The highest BCUT2D eigenvalue weighted by Crippen LogP contribution is 2.43. The minimum atomic E-state index is -3.14. The Morgan fingerprint density at radius 3 is 1.68 bits per heavy atom. The Hall–Kier alpha value is -3.53. The number of rotatable bonds is 7. The van der Waals surface area contributed by atoms with Crippen molar-refractivity contribution in [2.24, 2.45) is 0 Å². The third kappa shape index (κ3) is 3.77. The zero-order valence-corrected chi connectivity index (χ0v) is 17.8. The number of carbonyl (C=O) groups is 3. The van der Waals surface area contributed by atoms with Gasteiger partial charge in [-0.15, -0.1) is 0 Å². The summed E-state index contributed by atoms with van der Waals surface area (Å²) in [5.74, 6) is -6.67. The summed E-state index contributed by atoms with van der Waals surface area (Å²) in [6, 6.07) is 22.2. The second-order valence-corrected chi connectivity index (χ2v) is 8.03. The molecule has 3 aromatic rings. The first-order valence-electron chi connectivity index (χ1n) is 10.5. The van der Waals surface area contributed by atoms with Crippen LogP contribution in [0.2, 0.25) is 0 Å². The van der Waals surface area contributed by atoms with Gasteiger partial charge in [-0.2, -0.15) is 0 Å². The quantitative estimate of drug-likeness (QED) is 0.384. The summed E-state index contributed by atoms with van der Waals surface area (Å²) in [4.78, 5) is 39.7. The van der Waals surface area contributed by atoms with Crippen LogP contribution in [0.15, 0.2) is 91.0 Å². The van der Waals surface area contributed by atoms with E-state index in [4.69, 9.17) is 4.74 Å². The van der Waals surface area contributed by atoms with E-state index in [1.54, 1.807) is 30.3 Å². The van der Waals surface area contributed by atoms with Crippen molar-refractivity contribution in [2.45, 2.75) is 29.7 Å². The molecule has 0 aromatic heterocycles. The van der Waals surface area contributed by atoms with E-state index in [2.05, 4.69) is 0 Å². The van der Waals surface area contributed by atoms with Crippen LogP contribution in [0.5, 0.6) is 0 Å². The summed E-state index contributed by atoms with van der Waals surface area (Å²) in [6.45, 7) is 0. The molecule has 3 aromatic carbocycles. The number of hydrogen-bond acceptors (Lipinski definition) is 8. The Morgan fingerprint density at radius 1 is 0.735 bits per heavy atom. The van der Waals surface area contributed by atoms with E-state index in [0.29, 0.717) is 0 Å². The molecular formula is C26H22O8. The highest BCUT2D eigenvalue weighted by atomic mass is 16.7. The van der Waals surface area contributed by atoms with Gasteiger partial charge in [0.2, 0.25) is 5.78 Å². The lowest BCUT2D eigenvalue weighted by Crippen LogP contribution is -2.60. The molecule has 1 heterocycles. The fraction of sp³-hybridized carbons (Fsp3) is 0.192. The largest absolute Gasteiger partial charge is 0.383 e. The van der Waals surface area contributed by atoms with Crippen LogP contribution in [-0.2, 0) is 9.53 Å². The van der Waals surface area contributed by atoms with Gasteiger partial charge in [-0.05, 0) is 5.56 Å². The Bertz CT molecular complexity index is 1200. The third-order valence-electron chi connectivity index (χ3n) is 5.89. The summed E-state index contributed by atoms with van der Waals surface area (Å²) < 4.78 is 5.32. The minimum absolute atomic E-state index is 0.0877. The van der Waals surface area contributed by atoms with Crippen molar-refractivity contribution in [2.75, 3.05) is 0 Å². The molecule has 1 fully saturated rings. The van der Waals surface area contributed by atoms with Gasteiger partial charge in [0, 0.05) is 11.1 Å². The van der Waals surface area contributed by atoms with Crippen LogP contribution in [0.25, 0.3) is 0 Å². The van der Waals surface area contributed by atoms with E-state index < -0.39 is 47.0 Å². The molecular weight excluding hydrogens is 440 g/mol. The van der Waals surface area contributed by atoms with Crippen LogP contribution in [0.4, 0.5) is 0 Å². The van der Waals surface area contributed by atoms with Crippen molar-refractivity contribution in [1.29, 1.82) is 0 Å². The number of Topliss-reactive ketones (excluding diaryl/α,β-unsaturated/α-hetero) is 3. The van der Waals surface area contributed by atoms with Crippen LogP contribution in [0, 0.1) is 0 Å². The molecule has 1 saturated heterocycles. The summed E-state index contributed by atoms with van der Waals surface area (Å²) in [5, 5.41) is 44.2. The summed E-state index contributed by atoms with van der Waals surface area (Å²) in [7, 11) is 0. The molecule has 4 rings (SSSR count). The van der Waals surface area contributed by atoms with Crippen LogP contribution >= 0.6 is 0 Å². The molecule has 1 aliphatic rings. The SMILES string of the molecule is O=C(C(O)c1ccccc1)[C@H]1O[C@@](O)(C(=O)c2ccccc2)[C@H](O)[C@@]1(O)C(=O)c1ccccc1. The van der Waals surface area contributed by atoms with E-state index >= 15 is 0 Å². The first-order chi connectivity index (χ1) is 16.2. The van der Waals surface area contributed by atoms with E-state index in [1.807, 2.05) is 0 Å². The van der Waals surface area contributed by atoms with Crippen LogP contribution in [-0.4, -0.2) is 61.4 Å². The molecule has 1 aliphatic heterocycles. The lowest BCUT2D eigenvalue weighted by molar-refractivity contribution is -0.194. The summed E-state index contributed by atoms with van der Waals surface area (Å²) in [5.41, 5.74) is -3.14. The summed E-state index contributed by atoms with van der Waals surface area (Å²) >= 11 is 0. The second kappa shape index (κ2) is 9.02. The number of aliphatic hydroxyl groups excluding tert-OH is 2. The van der Waals surface area contributed by atoms with Gasteiger partial charge in [0.1, 0.15) is 6.10 Å². The fourth-order valence-electron chi connectivity index (χ4n) is 4.03. The number of benzene rings is 3. The van der Waals surface area contributed by atoms with Crippen LogP contribution in [0.1, 0.15) is 32.4 Å². The maximum atomic E-state index is 13.4. The van der Waals surface area contributed by atoms with Crippen molar-refractivity contribution < 1.29 is 39.5 Å². The predicted octanol–water partition coefficient (Wildman–Crippen LogP) is 1.23. The average Bonchev–Trinajstić information content (AvgIpc) is 3.11. The molecule has 0 aliphatic carbocycles. The zero-order valence-electron chi connectivity index (χ0n) is 17.8. The first-order valence-corrected chi connectivity index (χ1v) is 10.5. The van der Waals surface area contributed by atoms with Gasteiger partial charge in [-0.1, -0.05) is 91.0 Å². The van der Waals surface area contributed by atoms with Gasteiger partial charge in [0.25, 0.3) is 5.79 Å². The predicted molar refractivity (Wildman–Crippen MR) is 119 cm³/mol. The Labute approximate surface area is 194 Å². The first kappa shape index (κ1) is 23.6. The van der Waals surface area contributed by atoms with Gasteiger partial charge in [0.15, 0.2) is 29.4 Å². The molecule has 8 nitrogen and oxygen atoms in total. The molecule has 174 valence electrons. The van der Waals surface area contributed by atoms with Gasteiger partial charge in [0.05, 0.1) is 0 Å². The van der Waals surface area contributed by atoms with E-state index in [0.717, 1.165) is 0 Å². The molecule has 0 saturated carbocycles. The molecule has 34 heavy (non-hydrogen) atoms. The molecule has 0 bridgehead atoms. The topological polar surface area (TPSA) is 141 Å². The maximum absolute atomic E-state index is 13.4. The summed E-state index contributed by atoms with van der Waals surface area (Å²) in [6.07, 6.45) is -6.68. The van der Waals surface area contributed by atoms with E-state index in [1.165, 1.54) is 60.7 Å². The van der Waals surface area contributed by atoms with Crippen molar-refractivity contribution in [1.82, 2.24) is 0 Å². The number of aliphatic hydroxyl groups is 4. The van der Waals surface area contributed by atoms with Crippen molar-refractivity contribution in [3.05, 3.63) is 108 Å². The number of carbonyl (C=O) groups excluding carboxylic acids is 3. The van der Waals surface area contributed by atoms with Gasteiger partial charge < -0.3 is 25.2 Å². The monoisotopic (exact) mass is 462 g/mol. The van der Waals surface area contributed by atoms with Gasteiger partial charge in [-0.25, -0.2) is 0 Å². The van der Waals surface area contributed by atoms with Crippen molar-refractivity contribution >= 4 is 17.3 Å². The highest BCUT2D eigenvalue weighted by Gasteiger charge is 2.71.